The second-order valence-electron chi connectivity index (χ2n) is 3.74. The molecule has 1 saturated carbocycles. The average Bonchev–Trinajstić information content (AvgIpc) is 2.70. The molecule has 2 fully saturated rings. The molecule has 1 aliphatic carbocycles. The Kier molecular flexibility index (Phi) is 2.80. The summed E-state index contributed by atoms with van der Waals surface area (Å²) in [6, 6.07) is 2.07. The van der Waals surface area contributed by atoms with Crippen LogP contribution < -0.4 is 0 Å². The van der Waals surface area contributed by atoms with Gasteiger partial charge in [-0.25, -0.2) is 0 Å². The molecular weight excluding hydrogens is 182 g/mol. The van der Waals surface area contributed by atoms with Gasteiger partial charge in [-0.1, -0.05) is 0 Å². The van der Waals surface area contributed by atoms with Gasteiger partial charge in [0.25, 0.3) is 0 Å². The zero-order valence-corrected chi connectivity index (χ0v) is 7.94. The molecule has 2 aliphatic rings. The number of nitrogens with zero attached hydrogens (tertiary/aromatic N) is 1. The second kappa shape index (κ2) is 4.07. The second-order valence-corrected chi connectivity index (χ2v) is 3.74. The van der Waals surface area contributed by atoms with Gasteiger partial charge in [0, 0.05) is 12.3 Å². The van der Waals surface area contributed by atoms with Gasteiger partial charge in [-0.05, 0) is 12.8 Å². The molecule has 0 aromatic rings. The molecule has 2 atom stereocenters. The van der Waals surface area contributed by atoms with E-state index in [1.54, 1.807) is 0 Å². The highest BCUT2D eigenvalue weighted by molar-refractivity contribution is 5.84. The van der Waals surface area contributed by atoms with Gasteiger partial charge in [-0.15, -0.1) is 0 Å². The normalized spacial score (nSPS) is 34.4. The van der Waals surface area contributed by atoms with Gasteiger partial charge in [-0.2, -0.15) is 5.26 Å². The van der Waals surface area contributed by atoms with E-state index < -0.39 is 5.92 Å². The van der Waals surface area contributed by atoms with Gasteiger partial charge in [0.05, 0.1) is 19.3 Å². The van der Waals surface area contributed by atoms with Crippen molar-refractivity contribution in [2.75, 3.05) is 13.2 Å². The highest BCUT2D eigenvalue weighted by Crippen LogP contribution is 2.32. The summed E-state index contributed by atoms with van der Waals surface area (Å²) in [4.78, 5) is 11.5. The number of carbonyl (C=O) groups excluding carboxylic acids is 1. The molecule has 4 heteroatoms. The molecule has 0 N–H and O–H groups in total. The maximum absolute atomic E-state index is 11.5. The standard InChI is InChI=1S/C10H13NO3/c11-6-8-7(2-1-3-9(8)12)10-13-4-5-14-10/h7-8,10H,1-5H2/t7-,8+/m1/s1. The van der Waals surface area contributed by atoms with Crippen LogP contribution in [0, 0.1) is 23.2 Å². The third-order valence-corrected chi connectivity index (χ3v) is 2.87. The highest BCUT2D eigenvalue weighted by Gasteiger charge is 2.39. The molecular formula is C10H13NO3. The van der Waals surface area contributed by atoms with Crippen molar-refractivity contribution in [3.63, 3.8) is 0 Å². The molecule has 1 saturated heterocycles. The number of hydrogen-bond donors (Lipinski definition) is 0. The number of ketones is 1. The Balaban J connectivity index is 2.08. The van der Waals surface area contributed by atoms with Gasteiger partial charge in [0.1, 0.15) is 11.7 Å². The van der Waals surface area contributed by atoms with Crippen LogP contribution in [0.15, 0.2) is 0 Å². The van der Waals surface area contributed by atoms with Crippen LogP contribution in [-0.4, -0.2) is 25.3 Å². The Labute approximate surface area is 82.8 Å². The van der Waals surface area contributed by atoms with Gasteiger partial charge in [-0.3, -0.25) is 4.79 Å². The van der Waals surface area contributed by atoms with Crippen LogP contribution in [0.4, 0.5) is 0 Å². The SMILES string of the molecule is N#C[C@@H]1C(=O)CCC[C@H]1C1OCCO1. The van der Waals surface area contributed by atoms with Crippen molar-refractivity contribution in [2.45, 2.75) is 25.6 Å². The fourth-order valence-corrected chi connectivity index (χ4v) is 2.16. The number of carbonyl (C=O) groups is 1. The van der Waals surface area contributed by atoms with Gasteiger partial charge in [0.15, 0.2) is 6.29 Å². The molecule has 76 valence electrons. The predicted molar refractivity (Wildman–Crippen MR) is 47.1 cm³/mol. The molecule has 2 rings (SSSR count). The van der Waals surface area contributed by atoms with E-state index in [4.69, 9.17) is 14.7 Å². The summed E-state index contributed by atoms with van der Waals surface area (Å²) in [5.41, 5.74) is 0. The van der Waals surface area contributed by atoms with Gasteiger partial charge in [0.2, 0.25) is 0 Å². The van der Waals surface area contributed by atoms with Crippen molar-refractivity contribution in [1.29, 1.82) is 5.26 Å². The molecule has 0 aromatic carbocycles. The molecule has 4 nitrogen and oxygen atoms in total. The van der Waals surface area contributed by atoms with Gasteiger partial charge < -0.3 is 9.47 Å². The van der Waals surface area contributed by atoms with E-state index in [-0.39, 0.29) is 18.0 Å². The Morgan fingerprint density at radius 3 is 2.71 bits per heavy atom. The Morgan fingerprint density at radius 1 is 1.36 bits per heavy atom. The van der Waals surface area contributed by atoms with E-state index in [1.165, 1.54) is 0 Å². The third-order valence-electron chi connectivity index (χ3n) is 2.87. The minimum absolute atomic E-state index is 0.0443. The number of rotatable bonds is 1. The van der Waals surface area contributed by atoms with E-state index in [9.17, 15) is 4.79 Å². The largest absolute Gasteiger partial charge is 0.350 e. The van der Waals surface area contributed by atoms with Crippen LogP contribution in [0.25, 0.3) is 0 Å². The van der Waals surface area contributed by atoms with Crippen LogP contribution in [0.1, 0.15) is 19.3 Å². The van der Waals surface area contributed by atoms with Crippen LogP contribution in [0.5, 0.6) is 0 Å². The number of Topliss-reactive ketones (excluding diaryl/α,β-unsaturated/α-hetero) is 1. The van der Waals surface area contributed by atoms with Crippen molar-refractivity contribution in [1.82, 2.24) is 0 Å². The average molecular weight is 195 g/mol. The summed E-state index contributed by atoms with van der Waals surface area (Å²) in [6.07, 6.45) is 1.91. The first-order valence-corrected chi connectivity index (χ1v) is 4.98. The number of ether oxygens (including phenoxy) is 2. The molecule has 0 bridgehead atoms. The third kappa shape index (κ3) is 1.66. The van der Waals surface area contributed by atoms with Crippen LogP contribution in [0.3, 0.4) is 0 Å². The number of hydrogen-bond acceptors (Lipinski definition) is 4. The summed E-state index contributed by atoms with van der Waals surface area (Å²) in [7, 11) is 0. The van der Waals surface area contributed by atoms with Gasteiger partial charge >= 0.3 is 0 Å². The first-order valence-electron chi connectivity index (χ1n) is 4.98. The van der Waals surface area contributed by atoms with Crippen molar-refractivity contribution in [3.8, 4) is 6.07 Å². The maximum atomic E-state index is 11.5. The summed E-state index contributed by atoms with van der Waals surface area (Å²) in [6.45, 7) is 1.15. The van der Waals surface area contributed by atoms with E-state index in [2.05, 4.69) is 6.07 Å². The molecule has 1 aliphatic heterocycles. The lowest BCUT2D eigenvalue weighted by Gasteiger charge is -2.28. The van der Waals surface area contributed by atoms with Crippen molar-refractivity contribution in [3.05, 3.63) is 0 Å². The molecule has 0 unspecified atom stereocenters. The van der Waals surface area contributed by atoms with Crippen LogP contribution in [0.2, 0.25) is 0 Å². The quantitative estimate of drug-likeness (QED) is 0.622. The van der Waals surface area contributed by atoms with E-state index in [0.717, 1.165) is 12.8 Å². The minimum Gasteiger partial charge on any atom is -0.350 e. The zero-order valence-electron chi connectivity index (χ0n) is 7.94. The highest BCUT2D eigenvalue weighted by atomic mass is 16.7. The monoisotopic (exact) mass is 195 g/mol. The first-order chi connectivity index (χ1) is 6.83. The summed E-state index contributed by atoms with van der Waals surface area (Å²) in [5.74, 6) is -0.529. The minimum atomic E-state index is -0.521. The summed E-state index contributed by atoms with van der Waals surface area (Å²) in [5, 5.41) is 8.91. The first kappa shape index (κ1) is 9.63. The Hall–Kier alpha value is -0.920. The van der Waals surface area contributed by atoms with Crippen LogP contribution >= 0.6 is 0 Å². The van der Waals surface area contributed by atoms with Crippen molar-refractivity contribution >= 4 is 5.78 Å². The lowest BCUT2D eigenvalue weighted by atomic mass is 9.79. The molecule has 0 spiro atoms. The molecule has 1 heterocycles. The van der Waals surface area contributed by atoms with Crippen LogP contribution in [-0.2, 0) is 14.3 Å². The smallest absolute Gasteiger partial charge is 0.162 e. The zero-order chi connectivity index (χ0) is 9.97. The topological polar surface area (TPSA) is 59.3 Å². The van der Waals surface area contributed by atoms with E-state index in [1.807, 2.05) is 0 Å². The Bertz CT molecular complexity index is 265. The molecule has 0 aromatic heterocycles. The maximum Gasteiger partial charge on any atom is 0.162 e. The summed E-state index contributed by atoms with van der Waals surface area (Å²) >= 11 is 0. The fourth-order valence-electron chi connectivity index (χ4n) is 2.16. The van der Waals surface area contributed by atoms with Crippen molar-refractivity contribution in [2.24, 2.45) is 11.8 Å². The lowest BCUT2D eigenvalue weighted by Crippen LogP contribution is -2.36. The molecule has 0 amide bonds. The van der Waals surface area contributed by atoms with Crippen molar-refractivity contribution < 1.29 is 14.3 Å². The van der Waals surface area contributed by atoms with E-state index in [0.29, 0.717) is 19.6 Å². The lowest BCUT2D eigenvalue weighted by molar-refractivity contribution is -0.137. The summed E-state index contributed by atoms with van der Waals surface area (Å²) < 4.78 is 10.7. The molecule has 14 heavy (non-hydrogen) atoms. The predicted octanol–water partition coefficient (Wildman–Crippen LogP) is 0.868. The van der Waals surface area contributed by atoms with E-state index >= 15 is 0 Å². The molecule has 0 radical (unpaired) electrons. The number of nitriles is 1. The Morgan fingerprint density at radius 2 is 2.07 bits per heavy atom. The fraction of sp³-hybridized carbons (Fsp3) is 0.800.